The monoisotopic (exact) mass is 389 g/mol. The molecule has 0 atom stereocenters. The summed E-state index contributed by atoms with van der Waals surface area (Å²) < 4.78 is 35.7. The van der Waals surface area contributed by atoms with Gasteiger partial charge in [-0.05, 0) is 25.0 Å². The predicted octanol–water partition coefficient (Wildman–Crippen LogP) is 0.628. The van der Waals surface area contributed by atoms with Gasteiger partial charge in [0.15, 0.2) is 10.8 Å². The van der Waals surface area contributed by atoms with E-state index in [9.17, 15) is 8.42 Å². The second-order valence-corrected chi connectivity index (χ2v) is 8.16. The molecule has 1 fully saturated rings. The van der Waals surface area contributed by atoms with Crippen molar-refractivity contribution in [2.24, 2.45) is 7.05 Å². The number of aryl methyl sites for hydroxylation is 1. The van der Waals surface area contributed by atoms with Crippen LogP contribution in [0.4, 0.5) is 0 Å². The summed E-state index contributed by atoms with van der Waals surface area (Å²) in [6.45, 7) is 0.755. The summed E-state index contributed by atoms with van der Waals surface area (Å²) in [5.74, 6) is 1.01. The quantitative estimate of drug-likeness (QED) is 0.630. The summed E-state index contributed by atoms with van der Waals surface area (Å²) in [7, 11) is -1.82. The predicted molar refractivity (Wildman–Crippen MR) is 94.8 cm³/mol. The van der Waals surface area contributed by atoms with Crippen molar-refractivity contribution in [2.75, 3.05) is 13.1 Å². The molecule has 0 radical (unpaired) electrons. The van der Waals surface area contributed by atoms with E-state index in [1.807, 2.05) is 0 Å². The molecule has 11 heteroatoms. The number of aromatic nitrogens is 6. The van der Waals surface area contributed by atoms with Crippen LogP contribution in [0.15, 0.2) is 48.1 Å². The van der Waals surface area contributed by atoms with Crippen molar-refractivity contribution in [1.82, 2.24) is 33.8 Å². The third-order valence-corrected chi connectivity index (χ3v) is 6.12. The summed E-state index contributed by atoms with van der Waals surface area (Å²) in [6.07, 6.45) is 7.48. The zero-order valence-electron chi connectivity index (χ0n) is 14.7. The Balaban J connectivity index is 1.35. The van der Waals surface area contributed by atoms with Gasteiger partial charge < -0.3 is 9.30 Å². The standard InChI is InChI=1S/C16H19N7O3S/c1-21-11-16(17-12-21)27(24,25)22-9-5-13(6-10-22)26-15-4-3-14(19-20-15)23-8-2-7-18-23/h2-4,7-8,11-13H,5-6,9-10H2,1H3. The van der Waals surface area contributed by atoms with E-state index < -0.39 is 10.0 Å². The number of rotatable bonds is 5. The molecule has 4 heterocycles. The van der Waals surface area contributed by atoms with Crippen molar-refractivity contribution in [3.05, 3.63) is 43.1 Å². The molecule has 0 spiro atoms. The van der Waals surface area contributed by atoms with E-state index in [0.29, 0.717) is 37.6 Å². The zero-order valence-corrected chi connectivity index (χ0v) is 15.5. The Labute approximate surface area is 156 Å². The Kier molecular flexibility index (Phi) is 4.62. The van der Waals surface area contributed by atoms with E-state index >= 15 is 0 Å². The fourth-order valence-electron chi connectivity index (χ4n) is 2.92. The van der Waals surface area contributed by atoms with Gasteiger partial charge in [0.05, 0.1) is 6.33 Å². The summed E-state index contributed by atoms with van der Waals surface area (Å²) >= 11 is 0. The maximum atomic E-state index is 12.6. The summed E-state index contributed by atoms with van der Waals surface area (Å²) in [4.78, 5) is 3.96. The molecule has 1 aliphatic heterocycles. The average molecular weight is 389 g/mol. The van der Waals surface area contributed by atoms with Gasteiger partial charge in [0, 0.05) is 44.8 Å². The number of sulfonamides is 1. The maximum absolute atomic E-state index is 12.6. The van der Waals surface area contributed by atoms with Crippen molar-refractivity contribution < 1.29 is 13.2 Å². The maximum Gasteiger partial charge on any atom is 0.262 e. The van der Waals surface area contributed by atoms with Gasteiger partial charge in [-0.1, -0.05) is 0 Å². The van der Waals surface area contributed by atoms with Crippen LogP contribution in [-0.4, -0.2) is 61.4 Å². The molecule has 142 valence electrons. The first-order valence-electron chi connectivity index (χ1n) is 8.51. The third kappa shape index (κ3) is 3.69. The first-order valence-corrected chi connectivity index (χ1v) is 9.95. The molecule has 27 heavy (non-hydrogen) atoms. The van der Waals surface area contributed by atoms with Gasteiger partial charge in [0.2, 0.25) is 5.88 Å². The highest BCUT2D eigenvalue weighted by Crippen LogP contribution is 2.22. The highest BCUT2D eigenvalue weighted by molar-refractivity contribution is 7.89. The highest BCUT2D eigenvalue weighted by atomic mass is 32.2. The number of nitrogens with zero attached hydrogens (tertiary/aromatic N) is 7. The first kappa shape index (κ1) is 17.6. The molecule has 0 saturated carbocycles. The minimum absolute atomic E-state index is 0.0736. The SMILES string of the molecule is Cn1cnc(S(=O)(=O)N2CCC(Oc3ccc(-n4cccn4)nn3)CC2)c1. The second kappa shape index (κ2) is 7.08. The normalized spacial score (nSPS) is 16.5. The molecule has 0 amide bonds. The van der Waals surface area contributed by atoms with Gasteiger partial charge in [-0.15, -0.1) is 10.2 Å². The summed E-state index contributed by atoms with van der Waals surface area (Å²) in [6, 6.07) is 5.32. The molecular weight excluding hydrogens is 370 g/mol. The Morgan fingerprint density at radius 2 is 2.00 bits per heavy atom. The lowest BCUT2D eigenvalue weighted by Gasteiger charge is -2.30. The van der Waals surface area contributed by atoms with Crippen molar-refractivity contribution in [3.8, 4) is 11.7 Å². The van der Waals surface area contributed by atoms with E-state index in [4.69, 9.17) is 4.74 Å². The molecular formula is C16H19N7O3S. The lowest BCUT2D eigenvalue weighted by atomic mass is 10.1. The topological polar surface area (TPSA) is 108 Å². The smallest absolute Gasteiger partial charge is 0.262 e. The molecule has 0 unspecified atom stereocenters. The van der Waals surface area contributed by atoms with E-state index in [0.717, 1.165) is 0 Å². The minimum atomic E-state index is -3.56. The number of hydrogen-bond donors (Lipinski definition) is 0. The van der Waals surface area contributed by atoms with E-state index in [1.165, 1.54) is 16.8 Å². The van der Waals surface area contributed by atoms with Crippen LogP contribution in [0.5, 0.6) is 5.88 Å². The van der Waals surface area contributed by atoms with E-state index in [1.54, 1.807) is 46.9 Å². The van der Waals surface area contributed by atoms with Gasteiger partial charge in [-0.25, -0.2) is 18.1 Å². The minimum Gasteiger partial charge on any atom is -0.473 e. The number of piperidine rings is 1. The van der Waals surface area contributed by atoms with Crippen LogP contribution in [0.25, 0.3) is 5.82 Å². The molecule has 4 rings (SSSR count). The number of hydrogen-bond acceptors (Lipinski definition) is 7. The summed E-state index contributed by atoms with van der Waals surface area (Å²) in [5, 5.41) is 12.3. The fourth-order valence-corrected chi connectivity index (χ4v) is 4.35. The molecule has 10 nitrogen and oxygen atoms in total. The van der Waals surface area contributed by atoms with Gasteiger partial charge >= 0.3 is 0 Å². The van der Waals surface area contributed by atoms with Crippen LogP contribution in [0, 0.1) is 0 Å². The van der Waals surface area contributed by atoms with Crippen molar-refractivity contribution in [3.63, 3.8) is 0 Å². The van der Waals surface area contributed by atoms with Crippen LogP contribution in [0.1, 0.15) is 12.8 Å². The number of imidazole rings is 1. The molecule has 1 saturated heterocycles. The Morgan fingerprint density at radius 1 is 1.19 bits per heavy atom. The summed E-state index contributed by atoms with van der Waals surface area (Å²) in [5.41, 5.74) is 0. The van der Waals surface area contributed by atoms with E-state index in [-0.39, 0.29) is 11.1 Å². The van der Waals surface area contributed by atoms with Crippen LogP contribution >= 0.6 is 0 Å². The molecule has 0 N–H and O–H groups in total. The number of ether oxygens (including phenoxy) is 1. The molecule has 0 aromatic carbocycles. The molecule has 0 aliphatic carbocycles. The zero-order chi connectivity index (χ0) is 18.9. The first-order chi connectivity index (χ1) is 13.0. The lowest BCUT2D eigenvalue weighted by molar-refractivity contribution is 0.128. The Hall–Kier alpha value is -2.79. The van der Waals surface area contributed by atoms with Crippen molar-refractivity contribution in [1.29, 1.82) is 0 Å². The van der Waals surface area contributed by atoms with Crippen LogP contribution < -0.4 is 4.74 Å². The van der Waals surface area contributed by atoms with Gasteiger partial charge in [-0.3, -0.25) is 0 Å². The highest BCUT2D eigenvalue weighted by Gasteiger charge is 2.31. The van der Waals surface area contributed by atoms with Crippen molar-refractivity contribution in [2.45, 2.75) is 24.0 Å². The molecule has 3 aromatic rings. The fraction of sp³-hybridized carbons (Fsp3) is 0.375. The van der Waals surface area contributed by atoms with Gasteiger partial charge in [0.25, 0.3) is 10.0 Å². The average Bonchev–Trinajstić information content (AvgIpc) is 3.35. The Morgan fingerprint density at radius 3 is 2.59 bits per heavy atom. The van der Waals surface area contributed by atoms with Crippen molar-refractivity contribution >= 4 is 10.0 Å². The Bertz CT molecular complexity index is 991. The van der Waals surface area contributed by atoms with Gasteiger partial charge in [-0.2, -0.15) is 9.40 Å². The largest absolute Gasteiger partial charge is 0.473 e. The van der Waals surface area contributed by atoms with Gasteiger partial charge in [0.1, 0.15) is 6.10 Å². The molecule has 3 aromatic heterocycles. The third-order valence-electron chi connectivity index (χ3n) is 4.34. The lowest BCUT2D eigenvalue weighted by Crippen LogP contribution is -2.41. The van der Waals surface area contributed by atoms with Crippen LogP contribution in [-0.2, 0) is 17.1 Å². The second-order valence-electron chi connectivity index (χ2n) is 6.28. The molecule has 1 aliphatic rings. The van der Waals surface area contributed by atoms with Crippen LogP contribution in [0.3, 0.4) is 0 Å². The van der Waals surface area contributed by atoms with E-state index in [2.05, 4.69) is 20.3 Å². The van der Waals surface area contributed by atoms with Crippen LogP contribution in [0.2, 0.25) is 0 Å². The molecule has 0 bridgehead atoms.